The number of anilines is 1. The number of ether oxygens (including phenoxy) is 1. The minimum absolute atomic E-state index is 0.198. The van der Waals surface area contributed by atoms with Crippen molar-refractivity contribution < 1.29 is 18.7 Å². The number of aryl methyl sites for hydroxylation is 1. The summed E-state index contributed by atoms with van der Waals surface area (Å²) in [6.45, 7) is 1.87. The highest BCUT2D eigenvalue weighted by molar-refractivity contribution is 5.90. The molecule has 2 amide bonds. The van der Waals surface area contributed by atoms with Gasteiger partial charge in [0, 0.05) is 31.3 Å². The summed E-state index contributed by atoms with van der Waals surface area (Å²) in [5, 5.41) is 6.62. The molecule has 1 saturated heterocycles. The van der Waals surface area contributed by atoms with Crippen LogP contribution in [-0.4, -0.2) is 41.0 Å². The maximum Gasteiger partial charge on any atom is 0.414 e. The Labute approximate surface area is 138 Å². The van der Waals surface area contributed by atoms with E-state index in [1.165, 1.54) is 17.9 Å². The third-order valence-electron chi connectivity index (χ3n) is 3.73. The third-order valence-corrected chi connectivity index (χ3v) is 3.73. The van der Waals surface area contributed by atoms with Crippen LogP contribution in [0, 0.1) is 5.82 Å². The van der Waals surface area contributed by atoms with Gasteiger partial charge in [-0.1, -0.05) is 0 Å². The summed E-state index contributed by atoms with van der Waals surface area (Å²) in [4.78, 5) is 24.2. The summed E-state index contributed by atoms with van der Waals surface area (Å²) < 4.78 is 21.2. The fourth-order valence-corrected chi connectivity index (χ4v) is 2.56. The van der Waals surface area contributed by atoms with Gasteiger partial charge in [0.05, 0.1) is 25.0 Å². The average Bonchev–Trinajstić information content (AvgIpc) is 3.11. The summed E-state index contributed by atoms with van der Waals surface area (Å²) in [6.07, 6.45) is 2.28. The van der Waals surface area contributed by atoms with E-state index in [1.807, 2.05) is 0 Å². The fraction of sp³-hybridized carbons (Fsp3) is 0.312. The van der Waals surface area contributed by atoms with Gasteiger partial charge in [-0.2, -0.15) is 5.10 Å². The number of halogens is 1. The standard InChI is InChI=1S/C16H17FN4O3/c1-10(22)18-7-13-9-21(16(23)24-13)12-3-4-14(15(17)5-12)11-6-19-20(2)8-11/h3-6,8,13H,7,9H2,1-2H3,(H,18,22)/t13-/m0/s1. The normalized spacial score (nSPS) is 17.0. The van der Waals surface area contributed by atoms with Crippen LogP contribution in [0.25, 0.3) is 11.1 Å². The lowest BCUT2D eigenvalue weighted by molar-refractivity contribution is -0.119. The topological polar surface area (TPSA) is 76.5 Å². The second-order valence-electron chi connectivity index (χ2n) is 5.62. The molecule has 1 atom stereocenters. The van der Waals surface area contributed by atoms with Gasteiger partial charge >= 0.3 is 6.09 Å². The molecular formula is C16H17FN4O3. The van der Waals surface area contributed by atoms with Crippen molar-refractivity contribution in [3.05, 3.63) is 36.4 Å². The molecule has 0 radical (unpaired) electrons. The number of carbonyl (C=O) groups excluding carboxylic acids is 2. The largest absolute Gasteiger partial charge is 0.442 e. The molecule has 7 nitrogen and oxygen atoms in total. The van der Waals surface area contributed by atoms with Gasteiger partial charge in [-0.05, 0) is 18.2 Å². The van der Waals surface area contributed by atoms with E-state index in [0.717, 1.165) is 0 Å². The highest BCUT2D eigenvalue weighted by Gasteiger charge is 2.32. The number of cyclic esters (lactones) is 1. The number of hydrogen-bond donors (Lipinski definition) is 1. The van der Waals surface area contributed by atoms with Gasteiger partial charge in [0.15, 0.2) is 0 Å². The molecule has 1 fully saturated rings. The summed E-state index contributed by atoms with van der Waals surface area (Å²) in [5.41, 5.74) is 1.48. The fourth-order valence-electron chi connectivity index (χ4n) is 2.56. The predicted octanol–water partition coefficient (Wildman–Crippen LogP) is 1.69. The molecule has 0 saturated carbocycles. The minimum Gasteiger partial charge on any atom is -0.442 e. The Morgan fingerprint density at radius 3 is 2.92 bits per heavy atom. The van der Waals surface area contributed by atoms with Crippen LogP contribution in [0.5, 0.6) is 0 Å². The number of carbonyl (C=O) groups is 2. The molecule has 8 heteroatoms. The molecular weight excluding hydrogens is 315 g/mol. The molecule has 2 heterocycles. The van der Waals surface area contributed by atoms with Crippen LogP contribution in [0.3, 0.4) is 0 Å². The van der Waals surface area contributed by atoms with Crippen molar-refractivity contribution in [1.29, 1.82) is 0 Å². The van der Waals surface area contributed by atoms with Crippen molar-refractivity contribution in [2.45, 2.75) is 13.0 Å². The lowest BCUT2D eigenvalue weighted by Gasteiger charge is -2.14. The van der Waals surface area contributed by atoms with E-state index in [4.69, 9.17) is 4.74 Å². The monoisotopic (exact) mass is 332 g/mol. The van der Waals surface area contributed by atoms with Gasteiger partial charge in [0.25, 0.3) is 0 Å². The zero-order valence-corrected chi connectivity index (χ0v) is 13.3. The van der Waals surface area contributed by atoms with Crippen molar-refractivity contribution in [2.24, 2.45) is 7.05 Å². The minimum atomic E-state index is -0.557. The highest BCUT2D eigenvalue weighted by Crippen LogP contribution is 2.28. The molecule has 1 aromatic heterocycles. The second kappa shape index (κ2) is 6.31. The first-order chi connectivity index (χ1) is 11.4. The van der Waals surface area contributed by atoms with E-state index in [1.54, 1.807) is 36.3 Å². The SMILES string of the molecule is CC(=O)NC[C@H]1CN(c2ccc(-c3cnn(C)c3)c(F)c2)C(=O)O1. The van der Waals surface area contributed by atoms with Gasteiger partial charge in [0.2, 0.25) is 5.91 Å². The third kappa shape index (κ3) is 3.22. The number of amides is 2. The Balaban J connectivity index is 1.77. The second-order valence-corrected chi connectivity index (χ2v) is 5.62. The lowest BCUT2D eigenvalue weighted by atomic mass is 10.1. The van der Waals surface area contributed by atoms with Crippen LogP contribution in [0.15, 0.2) is 30.6 Å². The molecule has 0 unspecified atom stereocenters. The molecule has 1 aliphatic rings. The molecule has 2 aromatic rings. The Kier molecular flexibility index (Phi) is 4.20. The molecule has 0 spiro atoms. The van der Waals surface area contributed by atoms with Crippen molar-refractivity contribution in [2.75, 3.05) is 18.0 Å². The Morgan fingerprint density at radius 1 is 1.50 bits per heavy atom. The van der Waals surface area contributed by atoms with Crippen LogP contribution in [-0.2, 0) is 16.6 Å². The molecule has 0 bridgehead atoms. The van der Waals surface area contributed by atoms with E-state index in [0.29, 0.717) is 16.8 Å². The maximum atomic E-state index is 14.4. The van der Waals surface area contributed by atoms with Gasteiger partial charge in [-0.25, -0.2) is 9.18 Å². The predicted molar refractivity (Wildman–Crippen MR) is 84.9 cm³/mol. The first-order valence-electron chi connectivity index (χ1n) is 7.45. The number of nitrogens with one attached hydrogen (secondary N) is 1. The molecule has 1 N–H and O–H groups in total. The summed E-state index contributed by atoms with van der Waals surface area (Å²) in [6, 6.07) is 4.56. The van der Waals surface area contributed by atoms with Gasteiger partial charge in [0.1, 0.15) is 11.9 Å². The van der Waals surface area contributed by atoms with Crippen molar-refractivity contribution in [1.82, 2.24) is 15.1 Å². The molecule has 1 aromatic carbocycles. The average molecular weight is 332 g/mol. The van der Waals surface area contributed by atoms with Crippen LogP contribution >= 0.6 is 0 Å². The molecule has 126 valence electrons. The number of rotatable bonds is 4. The zero-order valence-electron chi connectivity index (χ0n) is 13.3. The number of aromatic nitrogens is 2. The van der Waals surface area contributed by atoms with Crippen LogP contribution in [0.2, 0.25) is 0 Å². The number of benzene rings is 1. The Hall–Kier alpha value is -2.90. The lowest BCUT2D eigenvalue weighted by Crippen LogP contribution is -2.33. The quantitative estimate of drug-likeness (QED) is 0.924. The number of hydrogen-bond acceptors (Lipinski definition) is 4. The van der Waals surface area contributed by atoms with Gasteiger partial charge in [-0.15, -0.1) is 0 Å². The first kappa shape index (κ1) is 16.0. The van der Waals surface area contributed by atoms with Crippen molar-refractivity contribution in [3.8, 4) is 11.1 Å². The van der Waals surface area contributed by atoms with E-state index in [-0.39, 0.29) is 19.0 Å². The van der Waals surface area contributed by atoms with Crippen LogP contribution in [0.4, 0.5) is 14.9 Å². The smallest absolute Gasteiger partial charge is 0.414 e. The highest BCUT2D eigenvalue weighted by atomic mass is 19.1. The Bertz CT molecular complexity index is 789. The summed E-state index contributed by atoms with van der Waals surface area (Å²) in [7, 11) is 1.76. The maximum absolute atomic E-state index is 14.4. The molecule has 24 heavy (non-hydrogen) atoms. The van der Waals surface area contributed by atoms with E-state index < -0.39 is 18.0 Å². The van der Waals surface area contributed by atoms with Crippen molar-refractivity contribution >= 4 is 17.7 Å². The zero-order chi connectivity index (χ0) is 17.3. The number of nitrogens with zero attached hydrogens (tertiary/aromatic N) is 3. The summed E-state index contributed by atoms with van der Waals surface area (Å²) in [5.74, 6) is -0.644. The molecule has 3 rings (SSSR count). The van der Waals surface area contributed by atoms with Crippen molar-refractivity contribution in [3.63, 3.8) is 0 Å². The van der Waals surface area contributed by atoms with E-state index >= 15 is 0 Å². The molecule has 1 aliphatic heterocycles. The van der Waals surface area contributed by atoms with E-state index in [2.05, 4.69) is 10.4 Å². The van der Waals surface area contributed by atoms with Gasteiger partial charge in [-0.3, -0.25) is 14.4 Å². The Morgan fingerprint density at radius 2 is 2.29 bits per heavy atom. The summed E-state index contributed by atoms with van der Waals surface area (Å²) >= 11 is 0. The van der Waals surface area contributed by atoms with Gasteiger partial charge < -0.3 is 10.1 Å². The first-order valence-corrected chi connectivity index (χ1v) is 7.45. The van der Waals surface area contributed by atoms with Crippen LogP contribution in [0.1, 0.15) is 6.92 Å². The molecule has 0 aliphatic carbocycles. The van der Waals surface area contributed by atoms with Crippen LogP contribution < -0.4 is 10.2 Å². The van der Waals surface area contributed by atoms with E-state index in [9.17, 15) is 14.0 Å².